The van der Waals surface area contributed by atoms with Crippen molar-refractivity contribution in [2.45, 2.75) is 18.4 Å². The van der Waals surface area contributed by atoms with Crippen LogP contribution >= 0.6 is 23.4 Å². The highest BCUT2D eigenvalue weighted by atomic mass is 35.5. The predicted octanol–water partition coefficient (Wildman–Crippen LogP) is 3.77. The quantitative estimate of drug-likeness (QED) is 0.254. The number of benzene rings is 2. The van der Waals surface area contributed by atoms with Crippen molar-refractivity contribution < 1.29 is 0 Å². The van der Waals surface area contributed by atoms with Gasteiger partial charge in [0.05, 0.1) is 12.2 Å². The number of nitrogens with one attached hydrogen (secondary N) is 2. The van der Waals surface area contributed by atoms with Crippen LogP contribution in [-0.4, -0.2) is 39.6 Å². The number of rotatable bonds is 8. The molecule has 2 aromatic carbocycles. The Morgan fingerprint density at radius 2 is 1.89 bits per heavy atom. The molecule has 0 bridgehead atoms. The molecule has 1 aromatic heterocycles. The first-order chi connectivity index (χ1) is 13.7. The van der Waals surface area contributed by atoms with Gasteiger partial charge in [0.15, 0.2) is 5.96 Å². The molecule has 0 atom stereocenters. The summed E-state index contributed by atoms with van der Waals surface area (Å²) in [5.41, 5.74) is 2.12. The van der Waals surface area contributed by atoms with E-state index >= 15 is 0 Å². The molecule has 0 aliphatic carbocycles. The van der Waals surface area contributed by atoms with Crippen LogP contribution in [0, 0.1) is 0 Å². The molecular weight excluding hydrogens is 392 g/mol. The predicted molar refractivity (Wildman–Crippen MR) is 116 cm³/mol. The third kappa shape index (κ3) is 6.28. The Kier molecular flexibility index (Phi) is 7.75. The van der Waals surface area contributed by atoms with Crippen LogP contribution in [-0.2, 0) is 6.54 Å². The van der Waals surface area contributed by atoms with E-state index in [0.717, 1.165) is 41.1 Å². The van der Waals surface area contributed by atoms with Crippen molar-refractivity contribution in [2.75, 3.05) is 18.8 Å². The number of aliphatic imine (C=N–C) groups is 1. The van der Waals surface area contributed by atoms with Crippen molar-refractivity contribution in [1.29, 1.82) is 0 Å². The van der Waals surface area contributed by atoms with E-state index in [1.807, 2.05) is 36.4 Å². The molecule has 0 radical (unpaired) electrons. The van der Waals surface area contributed by atoms with E-state index in [1.165, 1.54) is 11.2 Å². The second-order valence-corrected chi connectivity index (χ2v) is 7.54. The normalized spacial score (nSPS) is 11.4. The minimum Gasteiger partial charge on any atom is -0.357 e. The maximum absolute atomic E-state index is 5.92. The third-order valence-electron chi connectivity index (χ3n) is 3.86. The Balaban J connectivity index is 1.48. The lowest BCUT2D eigenvalue weighted by atomic mass is 10.2. The summed E-state index contributed by atoms with van der Waals surface area (Å²) in [6.45, 7) is 4.32. The Bertz CT molecular complexity index is 863. The van der Waals surface area contributed by atoms with E-state index in [4.69, 9.17) is 11.6 Å². The first-order valence-corrected chi connectivity index (χ1v) is 10.5. The molecule has 0 aliphatic rings. The van der Waals surface area contributed by atoms with Crippen LogP contribution < -0.4 is 10.6 Å². The number of halogens is 1. The number of guanidine groups is 1. The second-order valence-electron chi connectivity index (χ2n) is 5.93. The fraction of sp³-hybridized carbons (Fsp3) is 0.250. The third-order valence-corrected chi connectivity index (χ3v) is 5.13. The number of thioether (sulfide) groups is 1. The van der Waals surface area contributed by atoms with Crippen LogP contribution in [0.2, 0.25) is 5.02 Å². The zero-order valence-corrected chi connectivity index (χ0v) is 17.2. The monoisotopic (exact) mass is 414 g/mol. The van der Waals surface area contributed by atoms with E-state index in [1.54, 1.807) is 22.8 Å². The average molecular weight is 415 g/mol. The summed E-state index contributed by atoms with van der Waals surface area (Å²) < 4.78 is 1.73. The van der Waals surface area contributed by atoms with Gasteiger partial charge in [0, 0.05) is 28.8 Å². The van der Waals surface area contributed by atoms with E-state index in [2.05, 4.69) is 44.8 Å². The Morgan fingerprint density at radius 1 is 1.11 bits per heavy atom. The SMILES string of the molecule is CCNC(=NCc1ccc(-n2cncn2)cc1)NCCSc1ccc(Cl)cc1. The summed E-state index contributed by atoms with van der Waals surface area (Å²) in [6, 6.07) is 16.0. The minimum absolute atomic E-state index is 0.608. The van der Waals surface area contributed by atoms with Gasteiger partial charge >= 0.3 is 0 Å². The largest absolute Gasteiger partial charge is 0.357 e. The first-order valence-electron chi connectivity index (χ1n) is 9.09. The van der Waals surface area contributed by atoms with Crippen LogP contribution in [0.15, 0.2) is 71.1 Å². The molecule has 0 amide bonds. The zero-order valence-electron chi connectivity index (χ0n) is 15.7. The molecule has 8 heteroatoms. The van der Waals surface area contributed by atoms with E-state index in [0.29, 0.717) is 6.54 Å². The average Bonchev–Trinajstić information content (AvgIpc) is 3.26. The molecule has 0 fully saturated rings. The van der Waals surface area contributed by atoms with Crippen LogP contribution in [0.1, 0.15) is 12.5 Å². The van der Waals surface area contributed by atoms with Crippen molar-refractivity contribution >= 4 is 29.3 Å². The molecule has 146 valence electrons. The summed E-state index contributed by atoms with van der Waals surface area (Å²) in [4.78, 5) is 9.84. The number of nitrogens with zero attached hydrogens (tertiary/aromatic N) is 4. The summed E-state index contributed by atoms with van der Waals surface area (Å²) >= 11 is 7.70. The zero-order chi connectivity index (χ0) is 19.6. The maximum atomic E-state index is 5.92. The van der Waals surface area contributed by atoms with E-state index in [9.17, 15) is 0 Å². The van der Waals surface area contributed by atoms with Crippen LogP contribution in [0.4, 0.5) is 0 Å². The van der Waals surface area contributed by atoms with Gasteiger partial charge in [-0.1, -0.05) is 23.7 Å². The number of aromatic nitrogens is 3. The highest BCUT2D eigenvalue weighted by Gasteiger charge is 2.00. The molecule has 0 aliphatic heterocycles. The van der Waals surface area contributed by atoms with Gasteiger partial charge in [0.2, 0.25) is 0 Å². The molecule has 0 saturated carbocycles. The van der Waals surface area contributed by atoms with Crippen molar-refractivity contribution in [3.05, 3.63) is 71.8 Å². The molecule has 1 heterocycles. The molecule has 0 unspecified atom stereocenters. The van der Waals surface area contributed by atoms with Gasteiger partial charge in [-0.15, -0.1) is 11.8 Å². The van der Waals surface area contributed by atoms with Crippen molar-refractivity contribution in [2.24, 2.45) is 4.99 Å². The fourth-order valence-corrected chi connectivity index (χ4v) is 3.37. The molecule has 0 spiro atoms. The lowest BCUT2D eigenvalue weighted by molar-refractivity contribution is 0.842. The minimum atomic E-state index is 0.608. The molecule has 3 rings (SSSR count). The smallest absolute Gasteiger partial charge is 0.191 e. The van der Waals surface area contributed by atoms with Gasteiger partial charge in [0.1, 0.15) is 12.7 Å². The molecule has 28 heavy (non-hydrogen) atoms. The summed E-state index contributed by atoms with van der Waals surface area (Å²) in [5.74, 6) is 1.76. The van der Waals surface area contributed by atoms with Crippen molar-refractivity contribution in [3.8, 4) is 5.69 Å². The van der Waals surface area contributed by atoms with Gasteiger partial charge in [-0.2, -0.15) is 5.10 Å². The maximum Gasteiger partial charge on any atom is 0.191 e. The molecule has 3 aromatic rings. The first kappa shape index (κ1) is 20.2. The highest BCUT2D eigenvalue weighted by Crippen LogP contribution is 2.19. The second kappa shape index (κ2) is 10.7. The lowest BCUT2D eigenvalue weighted by Gasteiger charge is -2.11. The summed E-state index contributed by atoms with van der Waals surface area (Å²) in [5, 5.41) is 11.6. The standard InChI is InChI=1S/C20H23ClN6S/c1-2-23-20(24-11-12-28-19-9-5-17(21)6-10-19)25-13-16-3-7-18(8-4-16)27-15-22-14-26-27/h3-10,14-15H,2,11-13H2,1H3,(H2,23,24,25). The van der Waals surface area contributed by atoms with Gasteiger partial charge in [0.25, 0.3) is 0 Å². The van der Waals surface area contributed by atoms with Crippen LogP contribution in [0.25, 0.3) is 5.69 Å². The molecule has 6 nitrogen and oxygen atoms in total. The molecular formula is C20H23ClN6S. The van der Waals surface area contributed by atoms with Crippen LogP contribution in [0.3, 0.4) is 0 Å². The van der Waals surface area contributed by atoms with Crippen molar-refractivity contribution in [1.82, 2.24) is 25.4 Å². The van der Waals surface area contributed by atoms with Gasteiger partial charge in [-0.25, -0.2) is 14.7 Å². The Morgan fingerprint density at radius 3 is 2.57 bits per heavy atom. The van der Waals surface area contributed by atoms with Gasteiger partial charge < -0.3 is 10.6 Å². The van der Waals surface area contributed by atoms with Gasteiger partial charge in [-0.3, -0.25) is 0 Å². The van der Waals surface area contributed by atoms with Gasteiger partial charge in [-0.05, 0) is 48.9 Å². The van der Waals surface area contributed by atoms with E-state index in [-0.39, 0.29) is 0 Å². The van der Waals surface area contributed by atoms with Crippen molar-refractivity contribution in [3.63, 3.8) is 0 Å². The summed E-state index contributed by atoms with van der Waals surface area (Å²) in [7, 11) is 0. The fourth-order valence-electron chi connectivity index (χ4n) is 2.48. The summed E-state index contributed by atoms with van der Waals surface area (Å²) in [6.07, 6.45) is 3.21. The number of hydrogen-bond donors (Lipinski definition) is 2. The highest BCUT2D eigenvalue weighted by molar-refractivity contribution is 7.99. The lowest BCUT2D eigenvalue weighted by Crippen LogP contribution is -2.38. The van der Waals surface area contributed by atoms with E-state index < -0.39 is 0 Å². The Labute approximate surface area is 174 Å². The molecule has 0 saturated heterocycles. The van der Waals surface area contributed by atoms with Crippen LogP contribution in [0.5, 0.6) is 0 Å². The topological polar surface area (TPSA) is 67.1 Å². The Hall–Kier alpha value is -2.51. The molecule has 2 N–H and O–H groups in total. The number of hydrogen-bond acceptors (Lipinski definition) is 4.